The summed E-state index contributed by atoms with van der Waals surface area (Å²) < 4.78 is 5.16. The number of hydrogen-bond acceptors (Lipinski definition) is 3. The van der Waals surface area contributed by atoms with Gasteiger partial charge in [0, 0.05) is 12.1 Å². The van der Waals surface area contributed by atoms with Crippen molar-refractivity contribution in [3.8, 4) is 5.75 Å². The maximum Gasteiger partial charge on any atom is 0.259 e. The molecule has 0 aliphatic carbocycles. The fourth-order valence-electron chi connectivity index (χ4n) is 1.73. The summed E-state index contributed by atoms with van der Waals surface area (Å²) in [6.45, 7) is 2.85. The molecule has 1 aromatic rings. The molecule has 0 saturated carbocycles. The van der Waals surface area contributed by atoms with Gasteiger partial charge in [-0.15, -0.1) is 12.4 Å². The van der Waals surface area contributed by atoms with E-state index in [1.165, 1.54) is 19.3 Å². The number of carbonyl (C=O) groups excluding carboxylic acids is 1. The van der Waals surface area contributed by atoms with Crippen LogP contribution in [0.4, 0.5) is 0 Å². The number of benzene rings is 1. The van der Waals surface area contributed by atoms with E-state index >= 15 is 0 Å². The van der Waals surface area contributed by atoms with Crippen molar-refractivity contribution in [2.45, 2.75) is 32.6 Å². The van der Waals surface area contributed by atoms with Crippen molar-refractivity contribution in [2.75, 3.05) is 13.2 Å². The van der Waals surface area contributed by atoms with Crippen LogP contribution in [0.25, 0.3) is 0 Å². The van der Waals surface area contributed by atoms with Gasteiger partial charge >= 0.3 is 0 Å². The Morgan fingerprint density at radius 3 is 2.48 bits per heavy atom. The third kappa shape index (κ3) is 8.58. The molecule has 0 aromatic heterocycles. The summed E-state index contributed by atoms with van der Waals surface area (Å²) in [6, 6.07) is 7.02. The second-order valence-electron chi connectivity index (χ2n) is 4.53. The molecule has 21 heavy (non-hydrogen) atoms. The van der Waals surface area contributed by atoms with Gasteiger partial charge in [0.25, 0.3) is 5.24 Å². The summed E-state index contributed by atoms with van der Waals surface area (Å²) in [7, 11) is 0. The van der Waals surface area contributed by atoms with Crippen LogP contribution in [0.3, 0.4) is 0 Å². The van der Waals surface area contributed by atoms with Gasteiger partial charge in [0.05, 0.1) is 0 Å². The molecule has 2 N–H and O–H groups in total. The lowest BCUT2D eigenvalue weighted by Crippen LogP contribution is -2.24. The lowest BCUT2D eigenvalue weighted by atomic mass is 10.2. The van der Waals surface area contributed by atoms with Crippen molar-refractivity contribution in [1.29, 1.82) is 5.41 Å². The first-order chi connectivity index (χ1) is 9.63. The highest BCUT2D eigenvalue weighted by atomic mass is 35.5. The van der Waals surface area contributed by atoms with Gasteiger partial charge in [-0.05, 0) is 42.3 Å². The van der Waals surface area contributed by atoms with E-state index in [0.717, 1.165) is 18.5 Å². The highest BCUT2D eigenvalue weighted by Crippen LogP contribution is 2.12. The lowest BCUT2D eigenvalue weighted by molar-refractivity contribution is -0.113. The van der Waals surface area contributed by atoms with Gasteiger partial charge in [0.1, 0.15) is 11.6 Å². The number of ether oxygens (including phenoxy) is 1. The van der Waals surface area contributed by atoms with Gasteiger partial charge in [0.15, 0.2) is 6.61 Å². The molecule has 0 amide bonds. The van der Waals surface area contributed by atoms with Crippen LogP contribution in [-0.4, -0.2) is 24.2 Å². The van der Waals surface area contributed by atoms with Crippen LogP contribution in [0.15, 0.2) is 24.3 Å². The predicted octanol–water partition coefficient (Wildman–Crippen LogP) is 3.75. The summed E-state index contributed by atoms with van der Waals surface area (Å²) in [6.07, 6.45) is 4.72. The number of hydrogen-bond donors (Lipinski definition) is 2. The molecule has 0 heterocycles. The third-order valence-corrected chi connectivity index (χ3v) is 2.94. The van der Waals surface area contributed by atoms with E-state index in [2.05, 4.69) is 12.2 Å². The molecule has 118 valence electrons. The molecule has 0 saturated heterocycles. The van der Waals surface area contributed by atoms with E-state index in [1.807, 2.05) is 0 Å². The van der Waals surface area contributed by atoms with Gasteiger partial charge in [-0.25, -0.2) is 0 Å². The molecule has 0 fully saturated rings. The van der Waals surface area contributed by atoms with Crippen LogP contribution >= 0.6 is 24.0 Å². The highest BCUT2D eigenvalue weighted by molar-refractivity contribution is 6.63. The van der Waals surface area contributed by atoms with E-state index in [4.69, 9.17) is 21.7 Å². The first-order valence-corrected chi connectivity index (χ1v) is 7.25. The smallest absolute Gasteiger partial charge is 0.259 e. The van der Waals surface area contributed by atoms with E-state index in [-0.39, 0.29) is 19.0 Å². The van der Waals surface area contributed by atoms with Crippen molar-refractivity contribution in [1.82, 2.24) is 5.32 Å². The zero-order chi connectivity index (χ0) is 14.8. The van der Waals surface area contributed by atoms with Crippen LogP contribution in [0.1, 0.15) is 38.2 Å². The van der Waals surface area contributed by atoms with Crippen LogP contribution in [0.5, 0.6) is 5.75 Å². The molecule has 0 aliphatic rings. The lowest BCUT2D eigenvalue weighted by Gasteiger charge is -2.09. The summed E-state index contributed by atoms with van der Waals surface area (Å²) in [5.74, 6) is 0.972. The molecule has 0 unspecified atom stereocenters. The normalized spacial score (nSPS) is 9.62. The van der Waals surface area contributed by atoms with E-state index in [1.54, 1.807) is 24.3 Å². The van der Waals surface area contributed by atoms with E-state index < -0.39 is 5.24 Å². The largest absolute Gasteiger partial charge is 0.484 e. The molecule has 0 bridgehead atoms. The number of nitrogens with one attached hydrogen (secondary N) is 2. The zero-order valence-corrected chi connectivity index (χ0v) is 13.7. The minimum absolute atomic E-state index is 0. The number of amidine groups is 1. The van der Waals surface area contributed by atoms with Gasteiger partial charge in [-0.3, -0.25) is 10.2 Å². The van der Waals surface area contributed by atoms with Crippen molar-refractivity contribution in [2.24, 2.45) is 0 Å². The number of halogens is 2. The fraction of sp³-hybridized carbons (Fsp3) is 0.467. The second-order valence-corrected chi connectivity index (χ2v) is 4.95. The fourth-order valence-corrected chi connectivity index (χ4v) is 1.78. The second kappa shape index (κ2) is 11.4. The van der Waals surface area contributed by atoms with Gasteiger partial charge in [-0.2, -0.15) is 0 Å². The quantitative estimate of drug-likeness (QED) is 0.313. The van der Waals surface area contributed by atoms with Crippen LogP contribution in [0, 0.1) is 5.41 Å². The molecule has 1 aromatic carbocycles. The Hall–Kier alpha value is -1.26. The molecule has 0 spiro atoms. The monoisotopic (exact) mass is 332 g/mol. The average molecular weight is 333 g/mol. The SMILES string of the molecule is CCCCCCNC(=N)c1ccc(OCC(=O)Cl)cc1.Cl. The maximum absolute atomic E-state index is 10.6. The minimum atomic E-state index is -0.532. The molecule has 6 heteroatoms. The number of unbranched alkanes of at least 4 members (excludes halogenated alkanes) is 3. The average Bonchev–Trinajstić information content (AvgIpc) is 2.45. The Bertz CT molecular complexity index is 436. The third-order valence-electron chi connectivity index (χ3n) is 2.83. The number of carbonyl (C=O) groups is 1. The van der Waals surface area contributed by atoms with Crippen molar-refractivity contribution >= 4 is 35.1 Å². The van der Waals surface area contributed by atoms with Crippen molar-refractivity contribution in [3.05, 3.63) is 29.8 Å². The molecule has 1 rings (SSSR count). The first kappa shape index (κ1) is 19.7. The number of rotatable bonds is 9. The molecule has 4 nitrogen and oxygen atoms in total. The molecular formula is C15H22Cl2N2O2. The molecule has 0 atom stereocenters. The summed E-state index contributed by atoms with van der Waals surface area (Å²) >= 11 is 5.19. The van der Waals surface area contributed by atoms with Crippen LogP contribution < -0.4 is 10.1 Å². The summed E-state index contributed by atoms with van der Waals surface area (Å²) in [4.78, 5) is 10.6. The van der Waals surface area contributed by atoms with E-state index in [9.17, 15) is 4.79 Å². The summed E-state index contributed by atoms with van der Waals surface area (Å²) in [5.41, 5.74) is 0.796. The van der Waals surface area contributed by atoms with Gasteiger partial charge < -0.3 is 10.1 Å². The van der Waals surface area contributed by atoms with E-state index in [0.29, 0.717) is 11.6 Å². The Morgan fingerprint density at radius 1 is 1.24 bits per heavy atom. The molecule has 0 aliphatic heterocycles. The molecular weight excluding hydrogens is 311 g/mol. The first-order valence-electron chi connectivity index (χ1n) is 6.87. The minimum Gasteiger partial charge on any atom is -0.484 e. The van der Waals surface area contributed by atoms with Gasteiger partial charge in [0.2, 0.25) is 0 Å². The zero-order valence-electron chi connectivity index (χ0n) is 12.2. The Balaban J connectivity index is 0.00000400. The van der Waals surface area contributed by atoms with Crippen LogP contribution in [-0.2, 0) is 4.79 Å². The van der Waals surface area contributed by atoms with Gasteiger partial charge in [-0.1, -0.05) is 26.2 Å². The molecule has 0 radical (unpaired) electrons. The van der Waals surface area contributed by atoms with Crippen molar-refractivity contribution in [3.63, 3.8) is 0 Å². The summed E-state index contributed by atoms with van der Waals surface area (Å²) in [5, 5.41) is 10.5. The van der Waals surface area contributed by atoms with Crippen molar-refractivity contribution < 1.29 is 9.53 Å². The Morgan fingerprint density at radius 2 is 1.90 bits per heavy atom. The highest BCUT2D eigenvalue weighted by Gasteiger charge is 2.02. The Kier molecular flexibility index (Phi) is 10.7. The predicted molar refractivity (Wildman–Crippen MR) is 89.0 cm³/mol. The maximum atomic E-state index is 10.6. The topological polar surface area (TPSA) is 62.2 Å². The Labute approximate surface area is 137 Å². The standard InChI is InChI=1S/C15H21ClN2O2.ClH/c1-2-3-4-5-10-18-15(17)12-6-8-13(9-7-12)20-11-14(16)19;/h6-9H,2-5,10-11H2,1H3,(H2,17,18);1H. The van der Waals surface area contributed by atoms with Crippen LogP contribution in [0.2, 0.25) is 0 Å².